The van der Waals surface area contributed by atoms with Gasteiger partial charge in [-0.1, -0.05) is 20.3 Å². The molecule has 2 aliphatic rings. The van der Waals surface area contributed by atoms with Gasteiger partial charge in [-0.05, 0) is 44.3 Å². The summed E-state index contributed by atoms with van der Waals surface area (Å²) in [6.07, 6.45) is 5.53. The molecular weight excluding hydrogens is 222 g/mol. The highest BCUT2D eigenvalue weighted by Gasteiger charge is 2.33. The zero-order valence-corrected chi connectivity index (χ0v) is 12.4. The average Bonchev–Trinajstić information content (AvgIpc) is 2.41. The van der Waals surface area contributed by atoms with Crippen LogP contribution in [0.1, 0.15) is 39.5 Å². The van der Waals surface area contributed by atoms with Gasteiger partial charge in [0.1, 0.15) is 0 Å². The SMILES string of the molecule is CCCC1(CN2CCN(CC)CC2)CCNCC1. The second-order valence-corrected chi connectivity index (χ2v) is 6.21. The summed E-state index contributed by atoms with van der Waals surface area (Å²) in [4.78, 5) is 5.30. The van der Waals surface area contributed by atoms with Crippen LogP contribution in [0.25, 0.3) is 0 Å². The Hall–Kier alpha value is -0.120. The van der Waals surface area contributed by atoms with Crippen LogP contribution in [0.2, 0.25) is 0 Å². The van der Waals surface area contributed by atoms with E-state index in [4.69, 9.17) is 0 Å². The third-order valence-corrected chi connectivity index (χ3v) is 4.92. The molecule has 0 radical (unpaired) electrons. The summed E-state index contributed by atoms with van der Waals surface area (Å²) in [6.45, 7) is 14.8. The largest absolute Gasteiger partial charge is 0.317 e. The zero-order chi connectivity index (χ0) is 12.8. The molecule has 106 valence electrons. The maximum atomic E-state index is 3.52. The van der Waals surface area contributed by atoms with Gasteiger partial charge in [-0.3, -0.25) is 0 Å². The number of hydrogen-bond acceptors (Lipinski definition) is 3. The molecule has 0 atom stereocenters. The monoisotopic (exact) mass is 253 g/mol. The lowest BCUT2D eigenvalue weighted by atomic mass is 9.75. The van der Waals surface area contributed by atoms with Crippen molar-refractivity contribution in [3.05, 3.63) is 0 Å². The maximum absolute atomic E-state index is 3.52. The van der Waals surface area contributed by atoms with E-state index >= 15 is 0 Å². The Morgan fingerprint density at radius 1 is 0.944 bits per heavy atom. The van der Waals surface area contributed by atoms with Crippen LogP contribution >= 0.6 is 0 Å². The number of piperidine rings is 1. The van der Waals surface area contributed by atoms with Crippen molar-refractivity contribution in [3.63, 3.8) is 0 Å². The topological polar surface area (TPSA) is 18.5 Å². The van der Waals surface area contributed by atoms with E-state index in [1.807, 2.05) is 0 Å². The maximum Gasteiger partial charge on any atom is 0.0110 e. The van der Waals surface area contributed by atoms with Gasteiger partial charge in [-0.15, -0.1) is 0 Å². The van der Waals surface area contributed by atoms with E-state index in [0.717, 1.165) is 0 Å². The fourth-order valence-corrected chi connectivity index (χ4v) is 3.71. The Labute approximate surface area is 113 Å². The van der Waals surface area contributed by atoms with Gasteiger partial charge < -0.3 is 15.1 Å². The summed E-state index contributed by atoms with van der Waals surface area (Å²) in [5.74, 6) is 0. The molecule has 2 saturated heterocycles. The fourth-order valence-electron chi connectivity index (χ4n) is 3.71. The van der Waals surface area contributed by atoms with Crippen molar-refractivity contribution in [3.8, 4) is 0 Å². The summed E-state index contributed by atoms with van der Waals surface area (Å²) in [5, 5.41) is 3.52. The molecule has 1 N–H and O–H groups in total. The van der Waals surface area contributed by atoms with Crippen molar-refractivity contribution < 1.29 is 0 Å². The standard InChI is InChI=1S/C15H31N3/c1-3-5-15(6-8-16-9-7-15)14-18-12-10-17(4-2)11-13-18/h16H,3-14H2,1-2H3. The molecule has 18 heavy (non-hydrogen) atoms. The summed E-state index contributed by atoms with van der Waals surface area (Å²) >= 11 is 0. The van der Waals surface area contributed by atoms with Crippen molar-refractivity contribution >= 4 is 0 Å². The van der Waals surface area contributed by atoms with Crippen molar-refractivity contribution in [2.45, 2.75) is 39.5 Å². The van der Waals surface area contributed by atoms with Crippen molar-refractivity contribution in [1.82, 2.24) is 15.1 Å². The molecule has 0 unspecified atom stereocenters. The molecule has 0 bridgehead atoms. The number of likely N-dealkylation sites (N-methyl/N-ethyl adjacent to an activating group) is 1. The molecule has 2 heterocycles. The van der Waals surface area contributed by atoms with Crippen LogP contribution in [0, 0.1) is 5.41 Å². The summed E-state index contributed by atoms with van der Waals surface area (Å²) < 4.78 is 0. The second-order valence-electron chi connectivity index (χ2n) is 6.21. The average molecular weight is 253 g/mol. The second kappa shape index (κ2) is 6.88. The molecule has 0 amide bonds. The van der Waals surface area contributed by atoms with Crippen molar-refractivity contribution in [1.29, 1.82) is 0 Å². The predicted octanol–water partition coefficient (Wildman–Crippen LogP) is 1.79. The Balaban J connectivity index is 1.85. The minimum absolute atomic E-state index is 0.619. The van der Waals surface area contributed by atoms with E-state index in [2.05, 4.69) is 29.0 Å². The lowest BCUT2D eigenvalue weighted by molar-refractivity contribution is 0.0623. The molecule has 3 nitrogen and oxygen atoms in total. The summed E-state index contributed by atoms with van der Waals surface area (Å²) in [5.41, 5.74) is 0.619. The van der Waals surface area contributed by atoms with Crippen LogP contribution in [0.4, 0.5) is 0 Å². The van der Waals surface area contributed by atoms with E-state index < -0.39 is 0 Å². The number of rotatable bonds is 5. The molecular formula is C15H31N3. The third kappa shape index (κ3) is 3.69. The molecule has 0 aromatic heterocycles. The first kappa shape index (κ1) is 14.3. The van der Waals surface area contributed by atoms with Crippen molar-refractivity contribution in [2.24, 2.45) is 5.41 Å². The normalized spacial score (nSPS) is 26.3. The molecule has 2 aliphatic heterocycles. The van der Waals surface area contributed by atoms with Gasteiger partial charge in [0.2, 0.25) is 0 Å². The van der Waals surface area contributed by atoms with Gasteiger partial charge in [-0.25, -0.2) is 0 Å². The Kier molecular flexibility index (Phi) is 5.46. The summed E-state index contributed by atoms with van der Waals surface area (Å²) in [7, 11) is 0. The van der Waals surface area contributed by atoms with Crippen LogP contribution in [-0.4, -0.2) is 62.2 Å². The van der Waals surface area contributed by atoms with Gasteiger partial charge in [0, 0.05) is 32.7 Å². The molecule has 0 aromatic carbocycles. The smallest absolute Gasteiger partial charge is 0.0110 e. The first-order valence-corrected chi connectivity index (χ1v) is 7.93. The van der Waals surface area contributed by atoms with Crippen LogP contribution in [-0.2, 0) is 0 Å². The Bertz CT molecular complexity index is 222. The molecule has 0 aromatic rings. The summed E-state index contributed by atoms with van der Waals surface area (Å²) in [6, 6.07) is 0. The minimum atomic E-state index is 0.619. The molecule has 0 saturated carbocycles. The molecule has 0 aliphatic carbocycles. The van der Waals surface area contributed by atoms with E-state index in [-0.39, 0.29) is 0 Å². The Morgan fingerprint density at radius 2 is 1.56 bits per heavy atom. The number of nitrogens with zero attached hydrogens (tertiary/aromatic N) is 2. The molecule has 3 heteroatoms. The van der Waals surface area contributed by atoms with Gasteiger partial charge in [-0.2, -0.15) is 0 Å². The lowest BCUT2D eigenvalue weighted by Crippen LogP contribution is -2.51. The van der Waals surface area contributed by atoms with Gasteiger partial charge in [0.15, 0.2) is 0 Å². The highest BCUT2D eigenvalue weighted by atomic mass is 15.3. The quantitative estimate of drug-likeness (QED) is 0.806. The van der Waals surface area contributed by atoms with Crippen molar-refractivity contribution in [2.75, 3.05) is 52.4 Å². The number of nitrogens with one attached hydrogen (secondary N) is 1. The van der Waals surface area contributed by atoms with Gasteiger partial charge in [0.25, 0.3) is 0 Å². The lowest BCUT2D eigenvalue weighted by Gasteiger charge is -2.44. The van der Waals surface area contributed by atoms with E-state index in [9.17, 15) is 0 Å². The highest BCUT2D eigenvalue weighted by Crippen LogP contribution is 2.35. The number of hydrogen-bond donors (Lipinski definition) is 1. The van der Waals surface area contributed by atoms with Crippen LogP contribution < -0.4 is 5.32 Å². The van der Waals surface area contributed by atoms with Crippen LogP contribution in [0.15, 0.2) is 0 Å². The zero-order valence-electron chi connectivity index (χ0n) is 12.4. The van der Waals surface area contributed by atoms with E-state index in [1.165, 1.54) is 78.0 Å². The van der Waals surface area contributed by atoms with Gasteiger partial charge >= 0.3 is 0 Å². The molecule has 2 rings (SSSR count). The first-order chi connectivity index (χ1) is 8.78. The number of piperazine rings is 1. The van der Waals surface area contributed by atoms with Crippen LogP contribution in [0.3, 0.4) is 0 Å². The molecule has 0 spiro atoms. The Morgan fingerprint density at radius 3 is 2.11 bits per heavy atom. The highest BCUT2D eigenvalue weighted by molar-refractivity contribution is 4.88. The van der Waals surface area contributed by atoms with E-state index in [0.29, 0.717) is 5.41 Å². The van der Waals surface area contributed by atoms with E-state index in [1.54, 1.807) is 0 Å². The fraction of sp³-hybridized carbons (Fsp3) is 1.00. The van der Waals surface area contributed by atoms with Crippen LogP contribution in [0.5, 0.6) is 0 Å². The molecule has 2 fully saturated rings. The minimum Gasteiger partial charge on any atom is -0.317 e. The van der Waals surface area contributed by atoms with Gasteiger partial charge in [0.05, 0.1) is 0 Å². The predicted molar refractivity (Wildman–Crippen MR) is 78.0 cm³/mol. The first-order valence-electron chi connectivity index (χ1n) is 7.93. The third-order valence-electron chi connectivity index (χ3n) is 4.92.